The third-order valence-electron chi connectivity index (χ3n) is 1.59. The molecule has 0 unspecified atom stereocenters. The van der Waals surface area contributed by atoms with Gasteiger partial charge in [0.15, 0.2) is 0 Å². The van der Waals surface area contributed by atoms with Crippen LogP contribution in [0.2, 0.25) is 10.0 Å². The van der Waals surface area contributed by atoms with E-state index >= 15 is 0 Å². The first kappa shape index (κ1) is 10.4. The molecule has 0 N–H and O–H groups in total. The Labute approximate surface area is 86.4 Å². The topological polar surface area (TPSA) is 26.3 Å². The van der Waals surface area contributed by atoms with Crippen LogP contribution in [0.4, 0.5) is 0 Å². The summed E-state index contributed by atoms with van der Waals surface area (Å²) in [5.41, 5.74) is 0.704. The monoisotopic (exact) mass is 218 g/mol. The Morgan fingerprint density at radius 2 is 2.15 bits per heavy atom. The number of methoxy groups -OCH3 is 1. The van der Waals surface area contributed by atoms with Gasteiger partial charge in [-0.2, -0.15) is 0 Å². The lowest BCUT2D eigenvalue weighted by atomic mass is 10.1. The second-order valence-corrected chi connectivity index (χ2v) is 3.29. The van der Waals surface area contributed by atoms with Crippen molar-refractivity contribution in [1.82, 2.24) is 0 Å². The normalized spacial score (nSPS) is 9.77. The number of hydrogen-bond donors (Lipinski definition) is 0. The lowest BCUT2D eigenvalue weighted by Gasteiger charge is -2.08. The molecule has 0 aromatic heterocycles. The molecule has 1 rings (SSSR count). The van der Waals surface area contributed by atoms with E-state index in [1.807, 2.05) is 0 Å². The van der Waals surface area contributed by atoms with E-state index in [9.17, 15) is 4.79 Å². The Morgan fingerprint density at radius 3 is 2.69 bits per heavy atom. The van der Waals surface area contributed by atoms with Gasteiger partial charge in [-0.1, -0.05) is 23.2 Å². The highest BCUT2D eigenvalue weighted by atomic mass is 35.5. The highest BCUT2D eigenvalue weighted by Gasteiger charge is 2.08. The molecule has 4 heteroatoms. The van der Waals surface area contributed by atoms with Gasteiger partial charge in [0.1, 0.15) is 12.0 Å². The molecule has 0 amide bonds. The second-order valence-electron chi connectivity index (χ2n) is 2.45. The Kier molecular flexibility index (Phi) is 3.58. The molecule has 0 saturated heterocycles. The molecular formula is C9H8Cl2O2. The summed E-state index contributed by atoms with van der Waals surface area (Å²) in [7, 11) is 1.50. The van der Waals surface area contributed by atoms with Crippen LogP contribution in [-0.2, 0) is 11.2 Å². The van der Waals surface area contributed by atoms with Crippen molar-refractivity contribution in [2.24, 2.45) is 0 Å². The second kappa shape index (κ2) is 4.49. The predicted molar refractivity (Wildman–Crippen MR) is 52.8 cm³/mol. The Morgan fingerprint density at radius 1 is 1.46 bits per heavy atom. The van der Waals surface area contributed by atoms with E-state index in [-0.39, 0.29) is 6.42 Å². The van der Waals surface area contributed by atoms with E-state index in [1.54, 1.807) is 12.1 Å². The van der Waals surface area contributed by atoms with E-state index < -0.39 is 0 Å². The molecule has 1 aromatic rings. The fraction of sp³-hybridized carbons (Fsp3) is 0.222. The standard InChI is InChI=1S/C9H8Cl2O2/c1-13-9-6(2-3-12)4-7(10)5-8(9)11/h3-5H,2H2,1H3. The van der Waals surface area contributed by atoms with Gasteiger partial charge in [-0.05, 0) is 12.1 Å². The number of hydrogen-bond acceptors (Lipinski definition) is 2. The summed E-state index contributed by atoms with van der Waals surface area (Å²) in [4.78, 5) is 10.3. The van der Waals surface area contributed by atoms with Gasteiger partial charge in [-0.3, -0.25) is 0 Å². The zero-order valence-electron chi connectivity index (χ0n) is 7.01. The van der Waals surface area contributed by atoms with Gasteiger partial charge in [-0.15, -0.1) is 0 Å². The van der Waals surface area contributed by atoms with Crippen molar-refractivity contribution in [3.8, 4) is 5.75 Å². The van der Waals surface area contributed by atoms with Crippen molar-refractivity contribution in [2.45, 2.75) is 6.42 Å². The average Bonchev–Trinajstić information content (AvgIpc) is 2.04. The summed E-state index contributed by atoms with van der Waals surface area (Å²) in [6, 6.07) is 3.25. The van der Waals surface area contributed by atoms with Gasteiger partial charge in [0.25, 0.3) is 0 Å². The van der Waals surface area contributed by atoms with E-state index in [4.69, 9.17) is 27.9 Å². The molecule has 13 heavy (non-hydrogen) atoms. The quantitative estimate of drug-likeness (QED) is 0.730. The van der Waals surface area contributed by atoms with Crippen molar-refractivity contribution in [2.75, 3.05) is 7.11 Å². The van der Waals surface area contributed by atoms with E-state index in [0.29, 0.717) is 21.4 Å². The molecule has 0 fully saturated rings. The van der Waals surface area contributed by atoms with Crippen LogP contribution in [0.5, 0.6) is 5.75 Å². The van der Waals surface area contributed by atoms with Crippen LogP contribution < -0.4 is 4.74 Å². The minimum atomic E-state index is 0.253. The zero-order valence-corrected chi connectivity index (χ0v) is 8.52. The van der Waals surface area contributed by atoms with Gasteiger partial charge in [0, 0.05) is 17.0 Å². The average molecular weight is 219 g/mol. The number of ether oxygens (including phenoxy) is 1. The van der Waals surface area contributed by atoms with Crippen LogP contribution in [0.15, 0.2) is 12.1 Å². The van der Waals surface area contributed by atoms with Gasteiger partial charge >= 0.3 is 0 Å². The minimum absolute atomic E-state index is 0.253. The van der Waals surface area contributed by atoms with Crippen LogP contribution in [0.25, 0.3) is 0 Å². The Hall–Kier alpha value is -0.730. The molecular weight excluding hydrogens is 211 g/mol. The third-order valence-corrected chi connectivity index (χ3v) is 2.09. The molecule has 0 spiro atoms. The number of benzene rings is 1. The van der Waals surface area contributed by atoms with Gasteiger partial charge in [0.05, 0.1) is 12.1 Å². The minimum Gasteiger partial charge on any atom is -0.495 e. The van der Waals surface area contributed by atoms with Crippen molar-refractivity contribution < 1.29 is 9.53 Å². The summed E-state index contributed by atoms with van der Waals surface area (Å²) in [5, 5.41) is 0.925. The van der Waals surface area contributed by atoms with Crippen molar-refractivity contribution in [1.29, 1.82) is 0 Å². The molecule has 70 valence electrons. The first-order valence-corrected chi connectivity index (χ1v) is 4.40. The smallest absolute Gasteiger partial charge is 0.141 e. The Balaban J connectivity index is 3.20. The predicted octanol–water partition coefficient (Wildman–Crippen LogP) is 2.74. The SMILES string of the molecule is COc1c(Cl)cc(Cl)cc1CC=O. The first-order valence-electron chi connectivity index (χ1n) is 3.64. The van der Waals surface area contributed by atoms with E-state index in [1.165, 1.54) is 7.11 Å². The number of carbonyl (C=O) groups is 1. The summed E-state index contributed by atoms with van der Waals surface area (Å²) in [6.07, 6.45) is 1.04. The number of carbonyl (C=O) groups excluding carboxylic acids is 1. The van der Waals surface area contributed by atoms with Crippen LogP contribution in [0, 0.1) is 0 Å². The number of rotatable bonds is 3. The molecule has 0 saturated carbocycles. The molecule has 0 aliphatic carbocycles. The van der Waals surface area contributed by atoms with E-state index in [2.05, 4.69) is 0 Å². The number of aldehydes is 1. The first-order chi connectivity index (χ1) is 6.19. The van der Waals surface area contributed by atoms with Gasteiger partial charge < -0.3 is 9.53 Å². The molecule has 0 aliphatic rings. The maximum absolute atomic E-state index is 10.3. The maximum atomic E-state index is 10.3. The fourth-order valence-electron chi connectivity index (χ4n) is 1.08. The largest absolute Gasteiger partial charge is 0.495 e. The molecule has 0 radical (unpaired) electrons. The van der Waals surface area contributed by atoms with Gasteiger partial charge in [0.2, 0.25) is 0 Å². The third kappa shape index (κ3) is 2.36. The molecule has 0 bridgehead atoms. The molecule has 2 nitrogen and oxygen atoms in total. The van der Waals surface area contributed by atoms with Crippen LogP contribution in [-0.4, -0.2) is 13.4 Å². The molecule has 0 heterocycles. The highest BCUT2D eigenvalue weighted by Crippen LogP contribution is 2.31. The highest BCUT2D eigenvalue weighted by molar-refractivity contribution is 6.35. The number of halogens is 2. The Bertz CT molecular complexity index is 324. The summed E-state index contributed by atoms with van der Waals surface area (Å²) < 4.78 is 5.03. The summed E-state index contributed by atoms with van der Waals surface area (Å²) in [5.74, 6) is 0.512. The summed E-state index contributed by atoms with van der Waals surface area (Å²) >= 11 is 11.6. The van der Waals surface area contributed by atoms with Crippen molar-refractivity contribution in [3.63, 3.8) is 0 Å². The van der Waals surface area contributed by atoms with Crippen LogP contribution in [0.3, 0.4) is 0 Å². The lowest BCUT2D eigenvalue weighted by Crippen LogP contribution is -1.94. The van der Waals surface area contributed by atoms with E-state index in [0.717, 1.165) is 6.29 Å². The fourth-order valence-corrected chi connectivity index (χ4v) is 1.70. The molecule has 0 aliphatic heterocycles. The van der Waals surface area contributed by atoms with Crippen molar-refractivity contribution >= 4 is 29.5 Å². The lowest BCUT2D eigenvalue weighted by molar-refractivity contribution is -0.107. The van der Waals surface area contributed by atoms with Crippen LogP contribution in [0.1, 0.15) is 5.56 Å². The molecule has 0 atom stereocenters. The zero-order chi connectivity index (χ0) is 9.84. The molecule has 1 aromatic carbocycles. The van der Waals surface area contributed by atoms with Crippen molar-refractivity contribution in [3.05, 3.63) is 27.7 Å². The summed E-state index contributed by atoms with van der Waals surface area (Å²) in [6.45, 7) is 0. The van der Waals surface area contributed by atoms with Crippen LogP contribution >= 0.6 is 23.2 Å². The van der Waals surface area contributed by atoms with Gasteiger partial charge in [-0.25, -0.2) is 0 Å². The maximum Gasteiger partial charge on any atom is 0.141 e.